The number of piperazine rings is 1. The molecule has 2 amide bonds. The molecule has 2 aromatic rings. The van der Waals surface area contributed by atoms with Crippen LogP contribution in [0.3, 0.4) is 0 Å². The Bertz CT molecular complexity index is 1160. The molecule has 3 aliphatic rings. The topological polar surface area (TPSA) is 126 Å². The van der Waals surface area contributed by atoms with Crippen LogP contribution in [-0.4, -0.2) is 71.0 Å². The maximum absolute atomic E-state index is 13.2. The molecule has 2 fully saturated rings. The van der Waals surface area contributed by atoms with E-state index < -0.39 is 0 Å². The van der Waals surface area contributed by atoms with Crippen molar-refractivity contribution in [2.75, 3.05) is 42.9 Å². The van der Waals surface area contributed by atoms with Gasteiger partial charge in [0.1, 0.15) is 11.4 Å². The lowest BCUT2D eigenvalue weighted by Crippen LogP contribution is -2.52. The van der Waals surface area contributed by atoms with Crippen LogP contribution in [0.25, 0.3) is 5.57 Å². The lowest BCUT2D eigenvalue weighted by atomic mass is 10.0. The Balaban J connectivity index is 1.40. The molecule has 0 aliphatic carbocycles. The van der Waals surface area contributed by atoms with E-state index in [2.05, 4.69) is 44.2 Å². The van der Waals surface area contributed by atoms with Gasteiger partial charge in [0.05, 0.1) is 23.0 Å². The Morgan fingerprint density at radius 2 is 1.97 bits per heavy atom. The Morgan fingerprint density at radius 1 is 1.23 bits per heavy atom. The average molecular weight is 478 g/mol. The predicted molar refractivity (Wildman–Crippen MR) is 133 cm³/mol. The second kappa shape index (κ2) is 9.18. The summed E-state index contributed by atoms with van der Waals surface area (Å²) < 4.78 is 6.19. The third kappa shape index (κ3) is 4.66. The number of aromatic nitrogens is 2. The number of carbonyl (C=O) groups excluding carboxylic acids is 2. The van der Waals surface area contributed by atoms with Crippen molar-refractivity contribution < 1.29 is 14.3 Å². The summed E-state index contributed by atoms with van der Waals surface area (Å²) >= 11 is 0. The molecule has 10 heteroatoms. The van der Waals surface area contributed by atoms with Gasteiger partial charge in [-0.15, -0.1) is 0 Å². The number of amides is 2. The number of carbonyl (C=O) groups is 2. The Morgan fingerprint density at radius 3 is 2.63 bits per heavy atom. The molecule has 4 N–H and O–H groups in total. The summed E-state index contributed by atoms with van der Waals surface area (Å²) in [6, 6.07) is 5.64. The zero-order chi connectivity index (χ0) is 24.6. The Hall–Kier alpha value is -3.66. The van der Waals surface area contributed by atoms with Gasteiger partial charge in [-0.25, -0.2) is 9.97 Å². The maximum Gasteiger partial charge on any atom is 0.261 e. The van der Waals surface area contributed by atoms with Gasteiger partial charge < -0.3 is 26.0 Å². The first-order valence-corrected chi connectivity index (χ1v) is 12.0. The summed E-state index contributed by atoms with van der Waals surface area (Å²) in [5.41, 5.74) is 8.29. The van der Waals surface area contributed by atoms with Gasteiger partial charge in [0.25, 0.3) is 5.91 Å². The molecule has 1 unspecified atom stereocenters. The molecule has 0 bridgehead atoms. The molecule has 0 spiro atoms. The zero-order valence-corrected chi connectivity index (χ0v) is 20.1. The quantitative estimate of drug-likeness (QED) is 0.548. The van der Waals surface area contributed by atoms with Gasteiger partial charge in [0.2, 0.25) is 5.91 Å². The Labute approximate surface area is 204 Å². The van der Waals surface area contributed by atoms with E-state index >= 15 is 0 Å². The minimum atomic E-state index is -0.376. The summed E-state index contributed by atoms with van der Waals surface area (Å²) in [6.45, 7) is 7.84. The van der Waals surface area contributed by atoms with E-state index in [0.29, 0.717) is 5.69 Å². The van der Waals surface area contributed by atoms with E-state index in [1.807, 2.05) is 12.1 Å². The molecule has 0 saturated carbocycles. The molecule has 2 saturated heterocycles. The van der Waals surface area contributed by atoms with Gasteiger partial charge in [-0.05, 0) is 32.4 Å². The highest BCUT2D eigenvalue weighted by molar-refractivity contribution is 6.24. The minimum Gasteiger partial charge on any atom is -0.487 e. The molecule has 3 aliphatic heterocycles. The normalized spacial score (nSPS) is 21.9. The number of anilines is 2. The second-order valence-electron chi connectivity index (χ2n) is 9.74. The van der Waals surface area contributed by atoms with E-state index in [-0.39, 0.29) is 34.9 Å². The van der Waals surface area contributed by atoms with Crippen LogP contribution in [0, 0.1) is 0 Å². The summed E-state index contributed by atoms with van der Waals surface area (Å²) in [6.07, 6.45) is 5.97. The fraction of sp³-hybridized carbons (Fsp3) is 0.440. The van der Waals surface area contributed by atoms with Gasteiger partial charge in [0.15, 0.2) is 5.82 Å². The fourth-order valence-electron chi connectivity index (χ4n) is 5.08. The number of fused-ring (bicyclic) bond motifs is 1. The molecule has 5 rings (SSSR count). The molecule has 10 nitrogen and oxygen atoms in total. The van der Waals surface area contributed by atoms with E-state index in [1.165, 1.54) is 6.20 Å². The van der Waals surface area contributed by atoms with Gasteiger partial charge in [-0.2, -0.15) is 0 Å². The van der Waals surface area contributed by atoms with Crippen molar-refractivity contribution in [3.8, 4) is 5.75 Å². The van der Waals surface area contributed by atoms with Gasteiger partial charge in [-0.3, -0.25) is 14.5 Å². The lowest BCUT2D eigenvalue weighted by molar-refractivity contribution is -0.123. The number of nitrogens with two attached hydrogens (primary N) is 1. The molecule has 35 heavy (non-hydrogen) atoms. The number of nitrogens with zero attached hydrogens (tertiary/aromatic N) is 4. The van der Waals surface area contributed by atoms with Gasteiger partial charge in [0, 0.05) is 69.4 Å². The van der Waals surface area contributed by atoms with E-state index in [0.717, 1.165) is 62.6 Å². The molecule has 0 radical (unpaired) electrons. The second-order valence-corrected chi connectivity index (χ2v) is 9.74. The third-order valence-electron chi connectivity index (χ3n) is 6.76. The number of ether oxygens (including phenoxy) is 1. The average Bonchev–Trinajstić information content (AvgIpc) is 3.40. The van der Waals surface area contributed by atoms with Crippen molar-refractivity contribution in [1.82, 2.24) is 20.2 Å². The summed E-state index contributed by atoms with van der Waals surface area (Å²) in [5.74, 6) is 0.841. The number of nitrogens with one attached hydrogen (secondary N) is 2. The van der Waals surface area contributed by atoms with Crippen molar-refractivity contribution in [3.05, 3.63) is 48.2 Å². The number of hydrogen-bond acceptors (Lipinski definition) is 8. The molecule has 184 valence electrons. The van der Waals surface area contributed by atoms with Crippen molar-refractivity contribution in [2.45, 2.75) is 38.3 Å². The first-order valence-electron chi connectivity index (χ1n) is 12.0. The number of rotatable bonds is 5. The van der Waals surface area contributed by atoms with Crippen LogP contribution in [-0.2, 0) is 16.0 Å². The van der Waals surface area contributed by atoms with Crippen molar-refractivity contribution in [1.29, 1.82) is 0 Å². The van der Waals surface area contributed by atoms with Crippen LogP contribution < -0.4 is 26.0 Å². The summed E-state index contributed by atoms with van der Waals surface area (Å²) in [5, 5.41) is 5.97. The van der Waals surface area contributed by atoms with Gasteiger partial charge in [-0.1, -0.05) is 0 Å². The fourth-order valence-corrected chi connectivity index (χ4v) is 5.08. The molecular weight excluding hydrogens is 446 g/mol. The highest BCUT2D eigenvalue weighted by atomic mass is 16.5. The van der Waals surface area contributed by atoms with Crippen molar-refractivity contribution in [3.63, 3.8) is 0 Å². The maximum atomic E-state index is 13.2. The Kier molecular flexibility index (Phi) is 6.06. The predicted octanol–water partition coefficient (Wildman–Crippen LogP) is 1.14. The molecule has 1 atom stereocenters. The minimum absolute atomic E-state index is 0.0522. The first-order chi connectivity index (χ1) is 16.8. The molecular formula is C25H31N7O3. The van der Waals surface area contributed by atoms with Crippen molar-refractivity contribution in [2.24, 2.45) is 5.73 Å². The van der Waals surface area contributed by atoms with Crippen LogP contribution in [0.5, 0.6) is 5.75 Å². The van der Waals surface area contributed by atoms with Crippen LogP contribution >= 0.6 is 0 Å². The van der Waals surface area contributed by atoms with Crippen LogP contribution in [0.1, 0.15) is 31.7 Å². The summed E-state index contributed by atoms with van der Waals surface area (Å²) in [4.78, 5) is 38.2. The van der Waals surface area contributed by atoms with E-state index in [9.17, 15) is 9.59 Å². The SMILES string of the molecule is CC1(C)Cc2cc(NC(=O)C(=CN)c3ncccn3)c(N3CCN(C4CCNC4=O)CC3)cc2O1. The van der Waals surface area contributed by atoms with E-state index in [4.69, 9.17) is 10.5 Å². The largest absolute Gasteiger partial charge is 0.487 e. The highest BCUT2D eigenvalue weighted by Crippen LogP contribution is 2.42. The first kappa shape index (κ1) is 23.1. The zero-order valence-electron chi connectivity index (χ0n) is 20.1. The molecule has 1 aromatic heterocycles. The van der Waals surface area contributed by atoms with Crippen LogP contribution in [0.2, 0.25) is 0 Å². The smallest absolute Gasteiger partial charge is 0.261 e. The third-order valence-corrected chi connectivity index (χ3v) is 6.76. The van der Waals surface area contributed by atoms with E-state index in [1.54, 1.807) is 18.5 Å². The monoisotopic (exact) mass is 477 g/mol. The summed E-state index contributed by atoms with van der Waals surface area (Å²) in [7, 11) is 0. The standard InChI is InChI=1S/C25H31N7O3/c1-25(2)14-16-12-18(30-23(33)17(15-26)22-27-5-3-6-28-22)20(13-21(16)35-25)32-10-8-31(9-11-32)19-4-7-29-24(19)34/h3,5-6,12-13,15,19H,4,7-11,14,26H2,1-2H3,(H,29,34)(H,30,33). The number of benzene rings is 1. The molecule has 4 heterocycles. The number of hydrogen-bond donors (Lipinski definition) is 3. The van der Waals surface area contributed by atoms with Crippen LogP contribution in [0.4, 0.5) is 11.4 Å². The molecule has 1 aromatic carbocycles. The van der Waals surface area contributed by atoms with Crippen molar-refractivity contribution >= 4 is 28.8 Å². The van der Waals surface area contributed by atoms with Gasteiger partial charge >= 0.3 is 0 Å². The highest BCUT2D eigenvalue weighted by Gasteiger charge is 2.35. The van der Waals surface area contributed by atoms with Crippen LogP contribution in [0.15, 0.2) is 36.8 Å². The lowest BCUT2D eigenvalue weighted by Gasteiger charge is -2.39.